The highest BCUT2D eigenvalue weighted by Crippen LogP contribution is 2.37. The number of benzene rings is 12. The van der Waals surface area contributed by atoms with Crippen LogP contribution in [0.3, 0.4) is 0 Å². The largest absolute Gasteiger partial charge is 0.336 e. The molecule has 2 aromatic heterocycles. The van der Waals surface area contributed by atoms with Crippen LogP contribution in [0.1, 0.15) is 5.56 Å². The summed E-state index contributed by atoms with van der Waals surface area (Å²) >= 11 is 0. The molecule has 0 saturated carbocycles. The second kappa shape index (κ2) is 18.2. The van der Waals surface area contributed by atoms with E-state index in [2.05, 4.69) is 312 Å². The zero-order chi connectivity index (χ0) is 50.9. The van der Waals surface area contributed by atoms with E-state index >= 15 is 0 Å². The van der Waals surface area contributed by atoms with E-state index in [9.17, 15) is 0 Å². The van der Waals surface area contributed by atoms with Gasteiger partial charge in [-0.15, -0.1) is 0 Å². The minimum Gasteiger partial charge on any atom is -0.336 e. The third-order valence-electron chi connectivity index (χ3n) is 16.8. The molecule has 0 aliphatic carbocycles. The number of rotatable bonds is 7. The normalized spacial score (nSPS) is 13.5. The maximum absolute atomic E-state index is 3.36. The highest BCUT2D eigenvalue weighted by molar-refractivity contribution is 7.27. The number of para-hydroxylation sites is 3. The molecule has 362 valence electrons. The summed E-state index contributed by atoms with van der Waals surface area (Å²) in [6.07, 6.45) is 0. The topological polar surface area (TPSA) is 9.86 Å². The Morgan fingerprint density at radius 2 is 0.623 bits per heavy atom. The van der Waals surface area contributed by atoms with Crippen molar-refractivity contribution in [2.45, 2.75) is 6.54 Å². The summed E-state index contributed by atoms with van der Waals surface area (Å²) in [5.74, 6) is 0. The van der Waals surface area contributed by atoms with Crippen LogP contribution >= 0.6 is 0 Å². The average Bonchev–Trinajstić information content (AvgIpc) is 4.21. The Bertz CT molecular complexity index is 4410. The molecule has 0 bridgehead atoms. The van der Waals surface area contributed by atoms with Crippen LogP contribution in [0.2, 0.25) is 0 Å². The van der Waals surface area contributed by atoms with Crippen LogP contribution in [0.5, 0.6) is 0 Å². The van der Waals surface area contributed by atoms with Crippen LogP contribution in [0, 0.1) is 0 Å². The Hall–Kier alpha value is -9.33. The Morgan fingerprint density at radius 1 is 0.247 bits per heavy atom. The third-order valence-corrected chi connectivity index (χ3v) is 26.8. The molecule has 0 atom stereocenters. The fourth-order valence-electron chi connectivity index (χ4n) is 13.7. The van der Waals surface area contributed by atoms with Crippen LogP contribution in [-0.4, -0.2) is 25.3 Å². The molecule has 0 spiro atoms. The smallest absolute Gasteiger partial charge is 0.180 e. The summed E-state index contributed by atoms with van der Waals surface area (Å²) in [6.45, 7) is 0.687. The first-order valence-electron chi connectivity index (χ1n) is 26.9. The minimum atomic E-state index is -3.36. The van der Waals surface area contributed by atoms with Gasteiger partial charge in [-0.2, -0.15) is 0 Å². The van der Waals surface area contributed by atoms with Gasteiger partial charge >= 0.3 is 0 Å². The number of aromatic nitrogens is 2. The highest BCUT2D eigenvalue weighted by Gasteiger charge is 2.52. The standard InChI is InChI=1S/C73H52N2Si2/c1-5-25-54(26-6-1)76(55-27-7-2-8-28-55)70-43-23-18-38-63(70)58-33-13-14-34-59(58)64-39-19-24-44-71(64)77(56-29-9-3-10-30-56,57-31-11-4-12-32-57)73-49-52(45-48-72(73)76)51-74-66-40-20-15-37-62(66)65-50-53(46-47-67(65)74)75-68-41-21-16-35-60(68)61-36-17-22-42-69(61)75/h1-50H,51H2. The lowest BCUT2D eigenvalue weighted by atomic mass is 9.94. The molecule has 3 heterocycles. The monoisotopic (exact) mass is 1010 g/mol. The maximum atomic E-state index is 2.69. The lowest BCUT2D eigenvalue weighted by Gasteiger charge is -2.44. The van der Waals surface area contributed by atoms with Gasteiger partial charge in [0.2, 0.25) is 0 Å². The minimum absolute atomic E-state index is 0.687. The molecule has 15 rings (SSSR count). The van der Waals surface area contributed by atoms with E-state index < -0.39 is 16.1 Å². The first-order valence-corrected chi connectivity index (χ1v) is 30.9. The van der Waals surface area contributed by atoms with E-state index in [1.807, 2.05) is 0 Å². The number of nitrogens with zero attached hydrogens (tertiary/aromatic N) is 2. The molecule has 0 amide bonds. The molecular weight excluding hydrogens is 961 g/mol. The van der Waals surface area contributed by atoms with Gasteiger partial charge in [-0.25, -0.2) is 0 Å². The lowest BCUT2D eigenvalue weighted by molar-refractivity contribution is 0.870. The Kier molecular flexibility index (Phi) is 10.7. The molecule has 0 radical (unpaired) electrons. The molecule has 12 aromatic carbocycles. The van der Waals surface area contributed by atoms with Crippen molar-refractivity contribution in [1.82, 2.24) is 9.13 Å². The summed E-state index contributed by atoms with van der Waals surface area (Å²) in [6, 6.07) is 116. The second-order valence-corrected chi connectivity index (χ2v) is 28.1. The molecule has 77 heavy (non-hydrogen) atoms. The molecule has 0 N–H and O–H groups in total. The van der Waals surface area contributed by atoms with Crippen LogP contribution < -0.4 is 41.5 Å². The molecule has 0 saturated heterocycles. The van der Waals surface area contributed by atoms with Crippen LogP contribution in [0.4, 0.5) is 0 Å². The summed E-state index contributed by atoms with van der Waals surface area (Å²) < 4.78 is 5.02. The Balaban J connectivity index is 1.07. The van der Waals surface area contributed by atoms with Crippen LogP contribution in [-0.2, 0) is 6.54 Å². The Labute approximate surface area is 451 Å². The van der Waals surface area contributed by atoms with Gasteiger partial charge in [-0.3, -0.25) is 0 Å². The molecule has 1 aliphatic heterocycles. The van der Waals surface area contributed by atoms with Crippen molar-refractivity contribution >= 4 is 101 Å². The van der Waals surface area contributed by atoms with E-state index in [1.165, 1.54) is 113 Å². The molecule has 14 aromatic rings. The predicted octanol–water partition coefficient (Wildman–Crippen LogP) is 12.3. The number of hydrogen-bond acceptors (Lipinski definition) is 0. The third kappa shape index (κ3) is 6.79. The summed E-state index contributed by atoms with van der Waals surface area (Å²) in [5.41, 5.74) is 12.4. The van der Waals surface area contributed by atoms with Gasteiger partial charge in [0.15, 0.2) is 16.1 Å². The van der Waals surface area contributed by atoms with Crippen molar-refractivity contribution in [2.75, 3.05) is 0 Å². The SMILES string of the molecule is c1ccc([Si]2(c3ccccc3)c3ccccc3-c3ccccc3-c3ccccc3[Si](c3ccccc3)(c3ccccc3)c3cc(Cn4c5ccccc5c5cc(-n6c7ccccc7c7ccccc76)ccc54)ccc32)cc1. The van der Waals surface area contributed by atoms with Crippen LogP contribution in [0.15, 0.2) is 303 Å². The van der Waals surface area contributed by atoms with E-state index in [0.29, 0.717) is 6.54 Å². The average molecular weight is 1010 g/mol. The molecule has 4 heteroatoms. The first kappa shape index (κ1) is 45.1. The quantitative estimate of drug-likeness (QED) is 0.141. The summed E-state index contributed by atoms with van der Waals surface area (Å²) in [7, 11) is -6.65. The molecule has 0 fully saturated rings. The van der Waals surface area contributed by atoms with Gasteiger partial charge in [0.1, 0.15) is 0 Å². The van der Waals surface area contributed by atoms with E-state index in [1.54, 1.807) is 0 Å². The van der Waals surface area contributed by atoms with Gasteiger partial charge < -0.3 is 9.13 Å². The molecule has 0 unspecified atom stereocenters. The van der Waals surface area contributed by atoms with Gasteiger partial charge in [0, 0.05) is 44.8 Å². The summed E-state index contributed by atoms with van der Waals surface area (Å²) in [4.78, 5) is 0. The predicted molar refractivity (Wildman–Crippen MR) is 331 cm³/mol. The molecule has 1 aliphatic rings. The number of fused-ring (bicyclic) bond motifs is 12. The zero-order valence-electron chi connectivity index (χ0n) is 42.5. The van der Waals surface area contributed by atoms with Gasteiger partial charge in [0.05, 0.1) is 11.0 Å². The van der Waals surface area contributed by atoms with E-state index in [4.69, 9.17) is 0 Å². The van der Waals surface area contributed by atoms with Crippen molar-refractivity contribution in [3.8, 4) is 27.9 Å². The van der Waals surface area contributed by atoms with Crippen molar-refractivity contribution < 1.29 is 0 Å². The zero-order valence-corrected chi connectivity index (χ0v) is 44.5. The van der Waals surface area contributed by atoms with Gasteiger partial charge in [0.25, 0.3) is 0 Å². The van der Waals surface area contributed by atoms with Crippen molar-refractivity contribution in [2.24, 2.45) is 0 Å². The van der Waals surface area contributed by atoms with Crippen molar-refractivity contribution in [3.63, 3.8) is 0 Å². The fourth-order valence-corrected chi connectivity index (χ4v) is 25.0. The molecule has 2 nitrogen and oxygen atoms in total. The highest BCUT2D eigenvalue weighted by atomic mass is 28.3. The van der Waals surface area contributed by atoms with E-state index in [0.717, 1.165) is 5.69 Å². The molecular formula is C73H52N2Si2. The second-order valence-electron chi connectivity index (χ2n) is 20.7. The maximum Gasteiger partial charge on any atom is 0.180 e. The fraction of sp³-hybridized carbons (Fsp3) is 0.0137. The van der Waals surface area contributed by atoms with Crippen molar-refractivity contribution in [1.29, 1.82) is 0 Å². The lowest BCUT2D eigenvalue weighted by Crippen LogP contribution is -2.85. The number of hydrogen-bond donors (Lipinski definition) is 0. The van der Waals surface area contributed by atoms with Crippen LogP contribution in [0.25, 0.3) is 71.6 Å². The van der Waals surface area contributed by atoms with Gasteiger partial charge in [-0.05, 0) is 106 Å². The van der Waals surface area contributed by atoms with Gasteiger partial charge in [-0.1, -0.05) is 267 Å². The van der Waals surface area contributed by atoms with Crippen molar-refractivity contribution in [3.05, 3.63) is 309 Å². The van der Waals surface area contributed by atoms with E-state index in [-0.39, 0.29) is 0 Å². The Morgan fingerprint density at radius 3 is 1.12 bits per heavy atom. The first-order chi connectivity index (χ1) is 38.2. The summed E-state index contributed by atoms with van der Waals surface area (Å²) in [5, 5.41) is 16.1.